The molecule has 2 N–H and O–H groups in total. The van der Waals surface area contributed by atoms with Gasteiger partial charge in [-0.25, -0.2) is 13.9 Å². The van der Waals surface area contributed by atoms with Crippen molar-refractivity contribution in [1.82, 2.24) is 10.6 Å². The molecule has 0 radical (unpaired) electrons. The molecule has 0 aromatic rings. The summed E-state index contributed by atoms with van der Waals surface area (Å²) in [5.74, 6) is -3.47. The monoisotopic (exact) mass is 840 g/mol. The van der Waals surface area contributed by atoms with Gasteiger partial charge in [0.2, 0.25) is 18.6 Å². The van der Waals surface area contributed by atoms with E-state index in [1.807, 2.05) is 0 Å². The fourth-order valence-corrected chi connectivity index (χ4v) is 10.0. The number of ether oxygens (including phenoxy) is 3. The predicted octanol–water partition coefficient (Wildman–Crippen LogP) is 5.64. The van der Waals surface area contributed by atoms with Gasteiger partial charge in [0.25, 0.3) is 0 Å². The zero-order valence-corrected chi connectivity index (χ0v) is 36.4. The van der Waals surface area contributed by atoms with Crippen LogP contribution in [0.25, 0.3) is 0 Å². The molecule has 322 valence electrons. The molecular weight excluding hydrogens is 778 g/mol. The third kappa shape index (κ3) is 15.9. The van der Waals surface area contributed by atoms with Gasteiger partial charge in [0.15, 0.2) is 6.10 Å². The van der Waals surface area contributed by atoms with E-state index < -0.39 is 99.6 Å². The summed E-state index contributed by atoms with van der Waals surface area (Å²) in [6, 6.07) is 0. The molecule has 2 aliphatic heterocycles. The lowest BCUT2D eigenvalue weighted by Crippen LogP contribution is -2.56. The van der Waals surface area contributed by atoms with E-state index in [0.29, 0.717) is 0 Å². The Bertz CT molecular complexity index is 1510. The van der Waals surface area contributed by atoms with E-state index in [1.54, 1.807) is 76.2 Å². The minimum absolute atomic E-state index is 0.0167. The van der Waals surface area contributed by atoms with Gasteiger partial charge >= 0.3 is 27.5 Å². The zero-order valence-electron chi connectivity index (χ0n) is 34.6. The highest BCUT2D eigenvalue weighted by Gasteiger charge is 2.58. The van der Waals surface area contributed by atoms with Gasteiger partial charge in [-0.15, -0.1) is 0 Å². The lowest BCUT2D eigenvalue weighted by Gasteiger charge is -2.50. The Labute approximate surface area is 329 Å². The van der Waals surface area contributed by atoms with Crippen molar-refractivity contribution in [3.63, 3.8) is 0 Å². The lowest BCUT2D eigenvalue weighted by atomic mass is 9.65. The summed E-state index contributed by atoms with van der Waals surface area (Å²) in [6.45, 7) is 16.5. The molecule has 18 nitrogen and oxygen atoms in total. The van der Waals surface area contributed by atoms with E-state index in [2.05, 4.69) is 10.6 Å². The van der Waals surface area contributed by atoms with Gasteiger partial charge in [-0.3, -0.25) is 37.6 Å². The summed E-state index contributed by atoms with van der Waals surface area (Å²) in [4.78, 5) is 76.4. The van der Waals surface area contributed by atoms with Crippen LogP contribution in [0.2, 0.25) is 0 Å². The molecule has 2 aliphatic rings. The third-order valence-electron chi connectivity index (χ3n) is 8.96. The Morgan fingerprint density at radius 3 is 2.07 bits per heavy atom. The van der Waals surface area contributed by atoms with Crippen LogP contribution in [0.4, 0.5) is 4.79 Å². The van der Waals surface area contributed by atoms with Crippen LogP contribution >= 0.6 is 15.4 Å². The van der Waals surface area contributed by atoms with E-state index in [9.17, 15) is 37.9 Å². The normalized spacial score (nSPS) is 28.6. The summed E-state index contributed by atoms with van der Waals surface area (Å²) < 4.78 is 71.0. The molecule has 0 spiro atoms. The van der Waals surface area contributed by atoms with Crippen molar-refractivity contribution < 1.29 is 74.7 Å². The van der Waals surface area contributed by atoms with Gasteiger partial charge in [0.05, 0.1) is 43.9 Å². The number of rotatable bonds is 20. The van der Waals surface area contributed by atoms with Crippen LogP contribution in [0.5, 0.6) is 0 Å². The first-order chi connectivity index (χ1) is 25.7. The number of carbonyl (C=O) groups is 6. The highest BCUT2D eigenvalue weighted by Crippen LogP contribution is 2.63. The van der Waals surface area contributed by atoms with Crippen LogP contribution in [-0.2, 0) is 69.9 Å². The van der Waals surface area contributed by atoms with Crippen LogP contribution in [0.3, 0.4) is 0 Å². The molecule has 0 aromatic heterocycles. The number of nitrogens with one attached hydrogen (secondary N) is 2. The number of Topliss-reactive ketones (excluding diaryl/α,β-unsaturated/α-hetero) is 2. The molecule has 2 saturated heterocycles. The van der Waals surface area contributed by atoms with Crippen molar-refractivity contribution in [2.24, 2.45) is 22.7 Å². The van der Waals surface area contributed by atoms with Crippen LogP contribution in [0.1, 0.15) is 108 Å². The Kier molecular flexibility index (Phi) is 18.4. The molecule has 2 amide bonds. The Morgan fingerprint density at radius 1 is 0.875 bits per heavy atom. The summed E-state index contributed by atoms with van der Waals surface area (Å²) in [5, 5.41) is 5.37. The van der Waals surface area contributed by atoms with Crippen LogP contribution < -0.4 is 10.6 Å². The predicted molar refractivity (Wildman–Crippen MR) is 201 cm³/mol. The molecule has 0 aliphatic carbocycles. The van der Waals surface area contributed by atoms with Gasteiger partial charge in [-0.1, -0.05) is 34.6 Å². The standard InChI is InChI=1S/C36H62N2O16P2/c1-12-26(39)13-15-37-31(42)27-18-55(45,53-25(6)17-28(40)23(2)3)48-20-35(27,10)19-36(11)21-49-56(46,50-22-47-33(44)51-24(4)5)54-30(36)32(43)38-16-14-29(41)52-34(7,8)9/h23-25,27,30H,12-22H2,1-11H3,(H,37,42)(H,38,43)/t25?,27-,30-,35?,36?,55-,56?/m0/s1. The summed E-state index contributed by atoms with van der Waals surface area (Å²) in [6.07, 6.45) is -4.37. The van der Waals surface area contributed by atoms with E-state index in [-0.39, 0.29) is 69.3 Å². The average Bonchev–Trinajstić information content (AvgIpc) is 3.05. The molecule has 0 saturated carbocycles. The maximum absolute atomic E-state index is 14.1. The number of phosphoric ester groups is 1. The van der Waals surface area contributed by atoms with Crippen LogP contribution in [-0.4, -0.2) is 98.7 Å². The number of amides is 2. The fraction of sp³-hybridized carbons (Fsp3) is 0.833. The van der Waals surface area contributed by atoms with Gasteiger partial charge in [0.1, 0.15) is 17.2 Å². The Hall–Kier alpha value is -2.72. The largest absolute Gasteiger partial charge is 0.510 e. The van der Waals surface area contributed by atoms with Crippen LogP contribution in [0, 0.1) is 22.7 Å². The number of carbonyl (C=O) groups excluding carboxylic acids is 6. The van der Waals surface area contributed by atoms with Crippen molar-refractivity contribution in [2.75, 3.05) is 39.3 Å². The number of phosphoric acid groups is 1. The maximum atomic E-state index is 14.1. The van der Waals surface area contributed by atoms with Gasteiger partial charge in [-0.2, -0.15) is 0 Å². The second kappa shape index (κ2) is 20.8. The van der Waals surface area contributed by atoms with Crippen LogP contribution in [0.15, 0.2) is 0 Å². The van der Waals surface area contributed by atoms with E-state index in [0.717, 1.165) is 0 Å². The van der Waals surface area contributed by atoms with Crippen molar-refractivity contribution in [3.05, 3.63) is 0 Å². The second-order valence-electron chi connectivity index (χ2n) is 16.4. The van der Waals surface area contributed by atoms with Gasteiger partial charge < -0.3 is 33.9 Å². The summed E-state index contributed by atoms with van der Waals surface area (Å²) >= 11 is 0. The molecule has 0 bridgehead atoms. The Balaban J connectivity index is 2.43. The van der Waals surface area contributed by atoms with Gasteiger partial charge in [-0.05, 0) is 48.0 Å². The minimum atomic E-state index is -4.59. The number of hydrogen-bond donors (Lipinski definition) is 2. The topological polar surface area (TPSA) is 234 Å². The number of ketones is 2. The van der Waals surface area contributed by atoms with E-state index in [4.69, 9.17) is 36.8 Å². The minimum Gasteiger partial charge on any atom is -0.460 e. The smallest absolute Gasteiger partial charge is 0.460 e. The molecule has 7 atom stereocenters. The van der Waals surface area contributed by atoms with Crippen molar-refractivity contribution >= 4 is 50.9 Å². The van der Waals surface area contributed by atoms with Crippen molar-refractivity contribution in [2.45, 2.75) is 132 Å². The second-order valence-corrected chi connectivity index (χ2v) is 20.1. The molecule has 2 fully saturated rings. The fourth-order valence-electron chi connectivity index (χ4n) is 6.17. The highest BCUT2D eigenvalue weighted by atomic mass is 31.2. The molecule has 2 rings (SSSR count). The first-order valence-electron chi connectivity index (χ1n) is 18.9. The first-order valence-corrected chi connectivity index (χ1v) is 22.1. The molecule has 0 aromatic carbocycles. The highest BCUT2D eigenvalue weighted by molar-refractivity contribution is 7.54. The first kappa shape index (κ1) is 49.4. The average molecular weight is 841 g/mol. The zero-order chi connectivity index (χ0) is 42.7. The number of hydrogen-bond acceptors (Lipinski definition) is 16. The van der Waals surface area contributed by atoms with E-state index >= 15 is 0 Å². The summed E-state index contributed by atoms with van der Waals surface area (Å²) in [5.41, 5.74) is -3.37. The number of esters is 1. The molecule has 20 heteroatoms. The molecule has 2 heterocycles. The lowest BCUT2D eigenvalue weighted by molar-refractivity contribution is -0.155. The Morgan fingerprint density at radius 2 is 1.48 bits per heavy atom. The molecule has 4 unspecified atom stereocenters. The van der Waals surface area contributed by atoms with Crippen molar-refractivity contribution in [1.29, 1.82) is 0 Å². The molecular formula is C36H62N2O16P2. The third-order valence-corrected chi connectivity index (χ3v) is 12.3. The SMILES string of the molecule is CCC(=O)CCNC(=O)[C@@H]1C[P@@](=O)(OC(C)CC(=O)C(C)C)OCC1(C)CC1(C)COP(=O)(OCOC(=O)OC(C)C)O[C@H]1C(=O)NCCC(=O)OC(C)(C)C. The van der Waals surface area contributed by atoms with E-state index in [1.165, 1.54) is 0 Å². The molecule has 56 heavy (non-hydrogen) atoms. The summed E-state index contributed by atoms with van der Waals surface area (Å²) in [7, 11) is -8.57. The quantitative estimate of drug-likeness (QED) is 0.0857. The van der Waals surface area contributed by atoms with Gasteiger partial charge in [0, 0.05) is 49.1 Å². The maximum Gasteiger partial charge on any atom is 0.510 e. The van der Waals surface area contributed by atoms with Crippen molar-refractivity contribution in [3.8, 4) is 0 Å².